The van der Waals surface area contributed by atoms with E-state index >= 15 is 0 Å². The normalized spacial score (nSPS) is 19.8. The van der Waals surface area contributed by atoms with Crippen molar-refractivity contribution in [3.63, 3.8) is 0 Å². The van der Waals surface area contributed by atoms with Crippen LogP contribution in [0.15, 0.2) is 45.6 Å². The lowest BCUT2D eigenvalue weighted by molar-refractivity contribution is 0.104. The maximum atomic E-state index is 12.7. The topological polar surface area (TPSA) is 88.1 Å². The molecule has 2 aromatic heterocycles. The molecule has 0 bridgehead atoms. The molecule has 2 aromatic rings. The van der Waals surface area contributed by atoms with Crippen molar-refractivity contribution in [2.24, 2.45) is 0 Å². The lowest BCUT2D eigenvalue weighted by Crippen LogP contribution is -2.45. The highest BCUT2D eigenvalue weighted by molar-refractivity contribution is 5.75. The van der Waals surface area contributed by atoms with Gasteiger partial charge in [-0.1, -0.05) is 0 Å². The summed E-state index contributed by atoms with van der Waals surface area (Å²) in [4.78, 5) is 14.5. The minimum absolute atomic E-state index is 0.0279. The van der Waals surface area contributed by atoms with Crippen LogP contribution in [0.5, 0.6) is 0 Å². The Kier molecular flexibility index (Phi) is 5.78. The molecule has 25 heavy (non-hydrogen) atoms. The van der Waals surface area contributed by atoms with Crippen LogP contribution in [0, 0.1) is 0 Å². The highest BCUT2D eigenvalue weighted by atomic mass is 16.5. The molecule has 1 aliphatic rings. The molecular weight excluding hydrogens is 324 g/mol. The largest absolute Gasteiger partial charge is 0.467 e. The van der Waals surface area contributed by atoms with Gasteiger partial charge in [0, 0.05) is 26.1 Å². The van der Waals surface area contributed by atoms with Gasteiger partial charge in [-0.05, 0) is 37.1 Å². The van der Waals surface area contributed by atoms with E-state index in [2.05, 4.69) is 5.32 Å². The van der Waals surface area contributed by atoms with Crippen molar-refractivity contribution in [2.75, 3.05) is 20.3 Å². The van der Waals surface area contributed by atoms with Gasteiger partial charge in [-0.2, -0.15) is 0 Å². The molecule has 0 aliphatic carbocycles. The molecule has 3 heterocycles. The van der Waals surface area contributed by atoms with Gasteiger partial charge >= 0.3 is 6.03 Å². The van der Waals surface area contributed by atoms with Gasteiger partial charge in [-0.15, -0.1) is 0 Å². The fourth-order valence-electron chi connectivity index (χ4n) is 3.29. The Morgan fingerprint density at radius 3 is 2.72 bits per heavy atom. The number of carbonyl (C=O) groups excluding carboxylic acids is 1. The van der Waals surface area contributed by atoms with Gasteiger partial charge in [0.05, 0.1) is 19.1 Å². The number of ether oxygens (including phenoxy) is 1. The van der Waals surface area contributed by atoms with Crippen LogP contribution < -0.4 is 5.32 Å². The second-order valence-corrected chi connectivity index (χ2v) is 6.23. The summed E-state index contributed by atoms with van der Waals surface area (Å²) in [6.45, 7) is 0.992. The Bertz CT molecular complexity index is 640. The third-order valence-corrected chi connectivity index (χ3v) is 4.52. The molecule has 1 saturated heterocycles. The Morgan fingerprint density at radius 1 is 1.36 bits per heavy atom. The Hall–Kier alpha value is -2.25. The lowest BCUT2D eigenvalue weighted by atomic mass is 10.1. The van der Waals surface area contributed by atoms with Crippen molar-refractivity contribution in [3.8, 4) is 0 Å². The number of rotatable bonds is 7. The Labute approximate surface area is 146 Å². The van der Waals surface area contributed by atoms with Crippen LogP contribution in [0.25, 0.3) is 0 Å². The third kappa shape index (κ3) is 4.24. The predicted octanol–water partition coefficient (Wildman–Crippen LogP) is 2.86. The molecule has 3 rings (SSSR count). The van der Waals surface area contributed by atoms with Crippen molar-refractivity contribution in [3.05, 3.63) is 48.3 Å². The Balaban J connectivity index is 1.61. The van der Waals surface area contributed by atoms with E-state index in [4.69, 9.17) is 13.6 Å². The number of aliphatic hydroxyl groups is 1. The fraction of sp³-hybridized carbons (Fsp3) is 0.500. The molecule has 2 amide bonds. The van der Waals surface area contributed by atoms with Crippen molar-refractivity contribution >= 4 is 6.03 Å². The molecule has 7 nitrogen and oxygen atoms in total. The maximum Gasteiger partial charge on any atom is 0.318 e. The van der Waals surface area contributed by atoms with Gasteiger partial charge in [-0.25, -0.2) is 4.79 Å². The molecule has 2 N–H and O–H groups in total. The second kappa shape index (κ2) is 8.22. The SMILES string of the molecule is COCC(NC(=O)N1CCCC1CC(O)c1ccco1)c1ccco1. The van der Waals surface area contributed by atoms with E-state index in [1.807, 2.05) is 6.07 Å². The van der Waals surface area contributed by atoms with Crippen molar-refractivity contribution in [1.29, 1.82) is 0 Å². The quantitative estimate of drug-likeness (QED) is 0.803. The van der Waals surface area contributed by atoms with Crippen LogP contribution in [0.1, 0.15) is 42.9 Å². The number of urea groups is 1. The first kappa shape index (κ1) is 17.6. The lowest BCUT2D eigenvalue weighted by Gasteiger charge is -2.28. The molecule has 3 atom stereocenters. The zero-order chi connectivity index (χ0) is 17.6. The number of methoxy groups -OCH3 is 1. The molecule has 0 aromatic carbocycles. The maximum absolute atomic E-state index is 12.7. The van der Waals surface area contributed by atoms with Crippen LogP contribution in [-0.2, 0) is 4.74 Å². The highest BCUT2D eigenvalue weighted by Crippen LogP contribution is 2.28. The van der Waals surface area contributed by atoms with E-state index in [9.17, 15) is 9.90 Å². The van der Waals surface area contributed by atoms with E-state index in [0.717, 1.165) is 12.8 Å². The fourth-order valence-corrected chi connectivity index (χ4v) is 3.29. The number of nitrogens with one attached hydrogen (secondary N) is 1. The van der Waals surface area contributed by atoms with E-state index < -0.39 is 6.10 Å². The number of likely N-dealkylation sites (tertiary alicyclic amines) is 1. The monoisotopic (exact) mass is 348 g/mol. The van der Waals surface area contributed by atoms with Crippen molar-refractivity contribution < 1.29 is 23.5 Å². The van der Waals surface area contributed by atoms with E-state index in [-0.39, 0.29) is 18.1 Å². The number of hydrogen-bond donors (Lipinski definition) is 2. The first-order valence-corrected chi connectivity index (χ1v) is 8.50. The Morgan fingerprint density at radius 2 is 2.08 bits per heavy atom. The number of furan rings is 2. The number of amides is 2. The zero-order valence-electron chi connectivity index (χ0n) is 14.3. The van der Waals surface area contributed by atoms with Crippen LogP contribution in [-0.4, -0.2) is 42.3 Å². The van der Waals surface area contributed by atoms with E-state index in [0.29, 0.717) is 31.1 Å². The zero-order valence-corrected chi connectivity index (χ0v) is 14.3. The average Bonchev–Trinajstić information content (AvgIpc) is 3.35. The number of carbonyl (C=O) groups is 1. The van der Waals surface area contributed by atoms with Gasteiger partial charge in [0.25, 0.3) is 0 Å². The number of nitrogens with zero attached hydrogens (tertiary/aromatic N) is 1. The summed E-state index contributed by atoms with van der Waals surface area (Å²) in [6, 6.07) is 6.54. The minimum Gasteiger partial charge on any atom is -0.467 e. The van der Waals surface area contributed by atoms with Crippen molar-refractivity contribution in [1.82, 2.24) is 10.2 Å². The second-order valence-electron chi connectivity index (χ2n) is 6.23. The molecule has 136 valence electrons. The molecule has 0 spiro atoms. The van der Waals surface area contributed by atoms with Gasteiger partial charge in [-0.3, -0.25) is 0 Å². The van der Waals surface area contributed by atoms with Crippen LogP contribution in [0.4, 0.5) is 4.79 Å². The van der Waals surface area contributed by atoms with Crippen LogP contribution in [0.2, 0.25) is 0 Å². The number of aliphatic hydroxyl groups excluding tert-OH is 1. The van der Waals surface area contributed by atoms with E-state index in [1.165, 1.54) is 6.26 Å². The molecule has 3 unspecified atom stereocenters. The molecule has 0 saturated carbocycles. The third-order valence-electron chi connectivity index (χ3n) is 4.52. The van der Waals surface area contributed by atoms with Gasteiger partial charge in [0.2, 0.25) is 0 Å². The standard InChI is InChI=1S/C18H24N2O5/c1-23-12-14(16-6-3-9-24-16)19-18(22)20-8-2-5-13(20)11-15(21)17-7-4-10-25-17/h3-4,6-7,9-10,13-15,21H,2,5,8,11-12H2,1H3,(H,19,22). The van der Waals surface area contributed by atoms with Gasteiger partial charge in [0.1, 0.15) is 23.7 Å². The van der Waals surface area contributed by atoms with Crippen LogP contribution >= 0.6 is 0 Å². The molecule has 0 radical (unpaired) electrons. The average molecular weight is 348 g/mol. The first-order valence-electron chi connectivity index (χ1n) is 8.50. The first-order chi connectivity index (χ1) is 12.2. The summed E-state index contributed by atoms with van der Waals surface area (Å²) in [6.07, 6.45) is 4.63. The van der Waals surface area contributed by atoms with Gasteiger partial charge in [0.15, 0.2) is 0 Å². The van der Waals surface area contributed by atoms with Crippen LogP contribution in [0.3, 0.4) is 0 Å². The molecular formula is C18H24N2O5. The highest BCUT2D eigenvalue weighted by Gasteiger charge is 2.32. The summed E-state index contributed by atoms with van der Waals surface area (Å²) in [5.74, 6) is 1.18. The number of hydrogen-bond acceptors (Lipinski definition) is 5. The van der Waals surface area contributed by atoms with Gasteiger partial charge < -0.3 is 28.9 Å². The van der Waals surface area contributed by atoms with Crippen molar-refractivity contribution in [2.45, 2.75) is 37.5 Å². The smallest absolute Gasteiger partial charge is 0.318 e. The molecule has 1 aliphatic heterocycles. The molecule has 7 heteroatoms. The summed E-state index contributed by atoms with van der Waals surface area (Å²) in [5.41, 5.74) is 0. The van der Waals surface area contributed by atoms with E-state index in [1.54, 1.807) is 36.5 Å². The summed E-state index contributed by atoms with van der Waals surface area (Å²) < 4.78 is 15.8. The minimum atomic E-state index is -0.715. The summed E-state index contributed by atoms with van der Waals surface area (Å²) >= 11 is 0. The summed E-state index contributed by atoms with van der Waals surface area (Å²) in [7, 11) is 1.58. The predicted molar refractivity (Wildman–Crippen MR) is 89.9 cm³/mol. The summed E-state index contributed by atoms with van der Waals surface area (Å²) in [5, 5.41) is 13.3. The molecule has 1 fully saturated rings.